The van der Waals surface area contributed by atoms with Crippen molar-refractivity contribution in [1.82, 2.24) is 0 Å². The number of rotatable bonds is 5. The predicted octanol–water partition coefficient (Wildman–Crippen LogP) is 3.78. The molecule has 3 N–H and O–H groups in total. The number of anilines is 1. The van der Waals surface area contributed by atoms with E-state index in [1.807, 2.05) is 30.0 Å². The van der Waals surface area contributed by atoms with Gasteiger partial charge in [-0.1, -0.05) is 18.6 Å². The molecule has 2 rings (SSSR count). The van der Waals surface area contributed by atoms with Gasteiger partial charge in [0.2, 0.25) is 0 Å². The van der Waals surface area contributed by atoms with Crippen LogP contribution in [0.25, 0.3) is 0 Å². The molecule has 0 atom stereocenters. The van der Waals surface area contributed by atoms with Crippen molar-refractivity contribution in [1.29, 1.82) is 0 Å². The number of nitrogens with one attached hydrogen (secondary N) is 1. The summed E-state index contributed by atoms with van der Waals surface area (Å²) in [4.78, 5) is 0.424. The third-order valence-electron chi connectivity index (χ3n) is 3.55. The van der Waals surface area contributed by atoms with Crippen LogP contribution in [0.4, 0.5) is 5.69 Å². The van der Waals surface area contributed by atoms with E-state index in [2.05, 4.69) is 27.5 Å². The minimum Gasteiger partial charge on any atom is -0.389 e. The van der Waals surface area contributed by atoms with Crippen molar-refractivity contribution in [2.75, 3.05) is 18.1 Å². The molecule has 0 aliphatic heterocycles. The van der Waals surface area contributed by atoms with Crippen LogP contribution in [0.15, 0.2) is 22.7 Å². The number of hydrogen-bond acceptors (Lipinski definition) is 3. The maximum atomic E-state index is 5.64. The summed E-state index contributed by atoms with van der Waals surface area (Å²) >= 11 is 10.5. The van der Waals surface area contributed by atoms with E-state index in [0.717, 1.165) is 22.3 Å². The molecule has 18 heavy (non-hydrogen) atoms. The molecule has 2 nitrogen and oxygen atoms in total. The fraction of sp³-hybridized carbons (Fsp3) is 0.462. The number of thiocarbonyl (C=S) groups is 1. The number of nitrogens with two attached hydrogens (primary N) is 1. The quantitative estimate of drug-likeness (QED) is 0.797. The third kappa shape index (κ3) is 3.00. The first kappa shape index (κ1) is 14.2. The lowest BCUT2D eigenvalue weighted by molar-refractivity contribution is 0.380. The van der Waals surface area contributed by atoms with Gasteiger partial charge >= 0.3 is 0 Å². The van der Waals surface area contributed by atoms with E-state index in [9.17, 15) is 0 Å². The zero-order valence-corrected chi connectivity index (χ0v) is 13.6. The van der Waals surface area contributed by atoms with E-state index < -0.39 is 0 Å². The molecule has 1 aromatic rings. The van der Waals surface area contributed by atoms with Gasteiger partial charge in [0.15, 0.2) is 0 Å². The van der Waals surface area contributed by atoms with Crippen molar-refractivity contribution < 1.29 is 0 Å². The fourth-order valence-corrected chi connectivity index (χ4v) is 3.93. The summed E-state index contributed by atoms with van der Waals surface area (Å²) in [5, 5.41) is 3.51. The Labute approximate surface area is 126 Å². The Morgan fingerprint density at radius 2 is 2.28 bits per heavy atom. The van der Waals surface area contributed by atoms with Gasteiger partial charge in [0.1, 0.15) is 4.99 Å². The number of thioether (sulfide) groups is 1. The molecule has 1 saturated carbocycles. The summed E-state index contributed by atoms with van der Waals surface area (Å²) in [6.07, 6.45) is 6.18. The van der Waals surface area contributed by atoms with Gasteiger partial charge in [-0.15, -0.1) is 0 Å². The van der Waals surface area contributed by atoms with Gasteiger partial charge in [-0.2, -0.15) is 11.8 Å². The fourth-order valence-electron chi connectivity index (χ4n) is 2.11. The lowest BCUT2D eigenvalue weighted by Gasteiger charge is -2.40. The van der Waals surface area contributed by atoms with E-state index in [-0.39, 0.29) is 0 Å². The minimum absolute atomic E-state index is 0.424. The van der Waals surface area contributed by atoms with Crippen molar-refractivity contribution >= 4 is 50.6 Å². The molecular weight excluding hydrogens is 328 g/mol. The molecule has 0 unspecified atom stereocenters. The molecule has 1 aliphatic rings. The standard InChI is InChI=1S/C13H17BrN2S2/c1-18-13(5-2-6-13)8-16-9-3-4-10(12(15)17)11(14)7-9/h3-4,7,16H,2,5-6,8H2,1H3,(H2,15,17). The second-order valence-electron chi connectivity index (χ2n) is 4.65. The van der Waals surface area contributed by atoms with Gasteiger partial charge in [-0.25, -0.2) is 0 Å². The second kappa shape index (κ2) is 5.80. The van der Waals surface area contributed by atoms with Crippen molar-refractivity contribution in [3.63, 3.8) is 0 Å². The van der Waals surface area contributed by atoms with Crippen molar-refractivity contribution in [3.05, 3.63) is 28.2 Å². The van der Waals surface area contributed by atoms with Crippen LogP contribution in [0.5, 0.6) is 0 Å². The van der Waals surface area contributed by atoms with Gasteiger partial charge in [-0.05, 0) is 53.2 Å². The van der Waals surface area contributed by atoms with E-state index >= 15 is 0 Å². The maximum Gasteiger partial charge on any atom is 0.105 e. The van der Waals surface area contributed by atoms with Crippen LogP contribution in [0, 0.1) is 0 Å². The molecular formula is C13H17BrN2S2. The van der Waals surface area contributed by atoms with Gasteiger partial charge in [0, 0.05) is 27.0 Å². The summed E-state index contributed by atoms with van der Waals surface area (Å²) in [6, 6.07) is 6.04. The van der Waals surface area contributed by atoms with Crippen LogP contribution >= 0.6 is 39.9 Å². The van der Waals surface area contributed by atoms with Crippen LogP contribution < -0.4 is 11.1 Å². The van der Waals surface area contributed by atoms with Crippen molar-refractivity contribution in [2.24, 2.45) is 5.73 Å². The zero-order valence-electron chi connectivity index (χ0n) is 10.3. The highest BCUT2D eigenvalue weighted by Crippen LogP contribution is 2.42. The summed E-state index contributed by atoms with van der Waals surface area (Å²) in [6.45, 7) is 1.02. The highest BCUT2D eigenvalue weighted by molar-refractivity contribution is 9.10. The monoisotopic (exact) mass is 344 g/mol. The van der Waals surface area contributed by atoms with Crippen LogP contribution in [-0.4, -0.2) is 22.5 Å². The van der Waals surface area contributed by atoms with Crippen LogP contribution in [0.2, 0.25) is 0 Å². The van der Waals surface area contributed by atoms with Gasteiger partial charge < -0.3 is 11.1 Å². The highest BCUT2D eigenvalue weighted by atomic mass is 79.9. The Bertz CT molecular complexity index is 453. The molecule has 1 aliphatic carbocycles. The minimum atomic E-state index is 0.424. The highest BCUT2D eigenvalue weighted by Gasteiger charge is 2.35. The van der Waals surface area contributed by atoms with E-state index in [4.69, 9.17) is 18.0 Å². The first-order chi connectivity index (χ1) is 8.56. The Kier molecular flexibility index (Phi) is 4.56. The Hall–Kier alpha value is -0.260. The molecule has 0 bridgehead atoms. The van der Waals surface area contributed by atoms with Crippen molar-refractivity contribution in [3.8, 4) is 0 Å². The SMILES string of the molecule is CSC1(CNc2ccc(C(N)=S)c(Br)c2)CCC1. The Morgan fingerprint density at radius 3 is 2.72 bits per heavy atom. The maximum absolute atomic E-state index is 5.64. The molecule has 0 amide bonds. The molecule has 0 radical (unpaired) electrons. The predicted molar refractivity (Wildman–Crippen MR) is 88.6 cm³/mol. The Morgan fingerprint density at radius 1 is 1.56 bits per heavy atom. The van der Waals surface area contributed by atoms with Crippen molar-refractivity contribution in [2.45, 2.75) is 24.0 Å². The summed E-state index contributed by atoms with van der Waals surface area (Å²) < 4.78 is 1.39. The summed E-state index contributed by atoms with van der Waals surface area (Å²) in [7, 11) is 0. The third-order valence-corrected chi connectivity index (χ3v) is 5.84. The number of hydrogen-bond donors (Lipinski definition) is 2. The summed E-state index contributed by atoms with van der Waals surface area (Å²) in [5.74, 6) is 0. The first-order valence-electron chi connectivity index (χ1n) is 5.95. The van der Waals surface area contributed by atoms with Gasteiger partial charge in [-0.3, -0.25) is 0 Å². The second-order valence-corrected chi connectivity index (χ2v) is 7.22. The van der Waals surface area contributed by atoms with Gasteiger partial charge in [0.25, 0.3) is 0 Å². The lowest BCUT2D eigenvalue weighted by atomic mass is 9.84. The van der Waals surface area contributed by atoms with E-state index in [0.29, 0.717) is 9.74 Å². The largest absolute Gasteiger partial charge is 0.389 e. The van der Waals surface area contributed by atoms with Crippen LogP contribution in [-0.2, 0) is 0 Å². The first-order valence-corrected chi connectivity index (χ1v) is 8.37. The smallest absolute Gasteiger partial charge is 0.105 e. The van der Waals surface area contributed by atoms with E-state index in [1.54, 1.807) is 0 Å². The normalized spacial score (nSPS) is 17.0. The molecule has 5 heteroatoms. The molecule has 0 saturated heterocycles. The summed E-state index contributed by atoms with van der Waals surface area (Å²) in [5.41, 5.74) is 7.64. The molecule has 98 valence electrons. The molecule has 0 spiro atoms. The topological polar surface area (TPSA) is 38.0 Å². The molecule has 0 heterocycles. The number of halogens is 1. The lowest BCUT2D eigenvalue weighted by Crippen LogP contribution is -2.40. The average Bonchev–Trinajstić information content (AvgIpc) is 2.27. The van der Waals surface area contributed by atoms with E-state index in [1.165, 1.54) is 19.3 Å². The molecule has 0 aromatic heterocycles. The van der Waals surface area contributed by atoms with Crippen LogP contribution in [0.1, 0.15) is 24.8 Å². The average molecular weight is 345 g/mol. The molecule has 1 aromatic carbocycles. The zero-order chi connectivity index (χ0) is 13.2. The van der Waals surface area contributed by atoms with Gasteiger partial charge in [0.05, 0.1) is 0 Å². The Balaban J connectivity index is 2.02. The molecule has 1 fully saturated rings. The number of benzene rings is 1. The van der Waals surface area contributed by atoms with Crippen LogP contribution in [0.3, 0.4) is 0 Å².